The van der Waals surface area contributed by atoms with E-state index in [9.17, 15) is 27.9 Å². The molecule has 1 aliphatic rings. The minimum absolute atomic E-state index is 0.00710. The largest absolute Gasteiger partial charge is 0.573 e. The molecule has 0 aromatic heterocycles. The first kappa shape index (κ1) is 23.9. The van der Waals surface area contributed by atoms with Gasteiger partial charge < -0.3 is 14.6 Å². The minimum atomic E-state index is -4.93. The fourth-order valence-electron chi connectivity index (χ4n) is 4.06. The molecule has 0 radical (unpaired) electrons. The predicted molar refractivity (Wildman–Crippen MR) is 122 cm³/mol. The smallest absolute Gasteiger partial charge is 0.507 e. The van der Waals surface area contributed by atoms with Gasteiger partial charge >= 0.3 is 6.36 Å². The van der Waals surface area contributed by atoms with Crippen molar-refractivity contribution in [2.24, 2.45) is 0 Å². The lowest BCUT2D eigenvalue weighted by Crippen LogP contribution is -2.29. The maximum Gasteiger partial charge on any atom is 0.573 e. The molecule has 1 aliphatic heterocycles. The molecule has 180 valence electrons. The maximum absolute atomic E-state index is 13.2. The molecule has 6 nitrogen and oxygen atoms in total. The summed E-state index contributed by atoms with van der Waals surface area (Å²) in [5.41, 5.74) is 1.29. The van der Waals surface area contributed by atoms with Gasteiger partial charge in [-0.05, 0) is 48.4 Å². The van der Waals surface area contributed by atoms with Crippen LogP contribution in [-0.2, 0) is 9.59 Å². The fourth-order valence-corrected chi connectivity index (χ4v) is 4.06. The van der Waals surface area contributed by atoms with Gasteiger partial charge in [-0.15, -0.1) is 13.2 Å². The molecule has 3 aromatic carbocycles. The summed E-state index contributed by atoms with van der Waals surface area (Å²) in [7, 11) is 1.50. The van der Waals surface area contributed by atoms with E-state index in [1.54, 1.807) is 55.5 Å². The van der Waals surface area contributed by atoms with Crippen molar-refractivity contribution in [3.05, 3.63) is 95.1 Å². The second-order valence-corrected chi connectivity index (χ2v) is 7.81. The van der Waals surface area contributed by atoms with E-state index in [1.165, 1.54) is 19.2 Å². The average Bonchev–Trinajstić information content (AvgIpc) is 3.08. The second kappa shape index (κ2) is 9.17. The quantitative estimate of drug-likeness (QED) is 0.294. The van der Waals surface area contributed by atoms with Crippen LogP contribution in [0.2, 0.25) is 0 Å². The summed E-state index contributed by atoms with van der Waals surface area (Å²) in [4.78, 5) is 27.4. The van der Waals surface area contributed by atoms with E-state index in [-0.39, 0.29) is 16.8 Å². The molecule has 35 heavy (non-hydrogen) atoms. The molecule has 1 atom stereocenters. The Hall–Kier alpha value is -4.27. The van der Waals surface area contributed by atoms with Gasteiger partial charge in [-0.2, -0.15) is 0 Å². The van der Waals surface area contributed by atoms with Crippen LogP contribution in [0.15, 0.2) is 78.4 Å². The Kier molecular flexibility index (Phi) is 6.26. The molecule has 3 aromatic rings. The van der Waals surface area contributed by atoms with Crippen LogP contribution in [0.4, 0.5) is 18.9 Å². The molecule has 1 amide bonds. The Morgan fingerprint density at radius 1 is 0.971 bits per heavy atom. The number of alkyl halides is 3. The molecule has 0 bridgehead atoms. The van der Waals surface area contributed by atoms with Crippen LogP contribution in [0.1, 0.15) is 22.7 Å². The highest BCUT2D eigenvalue weighted by Gasteiger charge is 2.47. The molecule has 0 spiro atoms. The number of benzene rings is 3. The first-order valence-corrected chi connectivity index (χ1v) is 10.5. The number of aliphatic hydroxyl groups excluding tert-OH is 1. The van der Waals surface area contributed by atoms with Crippen LogP contribution in [0.25, 0.3) is 5.76 Å². The highest BCUT2D eigenvalue weighted by molar-refractivity contribution is 6.51. The van der Waals surface area contributed by atoms with Gasteiger partial charge in [0.05, 0.1) is 18.7 Å². The van der Waals surface area contributed by atoms with Crippen molar-refractivity contribution in [3.8, 4) is 11.5 Å². The molecule has 0 saturated carbocycles. The van der Waals surface area contributed by atoms with Crippen molar-refractivity contribution in [1.29, 1.82) is 0 Å². The van der Waals surface area contributed by atoms with Crippen LogP contribution in [-0.4, -0.2) is 30.3 Å². The van der Waals surface area contributed by atoms with Gasteiger partial charge in [-0.25, -0.2) is 0 Å². The standard InChI is InChI=1S/C26H20F3NO5/c1-15-13-17(11-12-20(15)34-2)23(31)21-22(16-7-4-3-5-8-16)30(25(33)24(21)32)18-9-6-10-19(14-18)35-26(27,28)29/h3-14,22,31H,1-2H3/b23-21+. The molecule has 1 fully saturated rings. The van der Waals surface area contributed by atoms with Gasteiger partial charge in [0.1, 0.15) is 17.3 Å². The first-order valence-electron chi connectivity index (χ1n) is 10.5. The number of anilines is 1. The van der Waals surface area contributed by atoms with E-state index >= 15 is 0 Å². The third-order valence-corrected chi connectivity index (χ3v) is 5.56. The Morgan fingerprint density at radius 3 is 2.31 bits per heavy atom. The van der Waals surface area contributed by atoms with Crippen molar-refractivity contribution in [1.82, 2.24) is 0 Å². The highest BCUT2D eigenvalue weighted by atomic mass is 19.4. The summed E-state index contributed by atoms with van der Waals surface area (Å²) < 4.78 is 47.5. The Morgan fingerprint density at radius 2 is 1.69 bits per heavy atom. The summed E-state index contributed by atoms with van der Waals surface area (Å²) in [5.74, 6) is -2.34. The Balaban J connectivity index is 1.89. The van der Waals surface area contributed by atoms with Crippen LogP contribution in [0.3, 0.4) is 0 Å². The number of aryl methyl sites for hydroxylation is 1. The number of methoxy groups -OCH3 is 1. The maximum atomic E-state index is 13.2. The van der Waals surface area contributed by atoms with Crippen LogP contribution in [0, 0.1) is 6.92 Å². The van der Waals surface area contributed by atoms with E-state index < -0.39 is 35.6 Å². The summed E-state index contributed by atoms with van der Waals surface area (Å²) in [6.07, 6.45) is -4.93. The van der Waals surface area contributed by atoms with E-state index in [0.29, 0.717) is 16.9 Å². The van der Waals surface area contributed by atoms with Crippen molar-refractivity contribution in [2.45, 2.75) is 19.3 Å². The molecule has 4 rings (SSSR count). The number of amides is 1. The van der Waals surface area contributed by atoms with Crippen molar-refractivity contribution in [2.75, 3.05) is 12.0 Å². The Labute approximate surface area is 198 Å². The highest BCUT2D eigenvalue weighted by Crippen LogP contribution is 2.43. The number of carbonyl (C=O) groups excluding carboxylic acids is 2. The van der Waals surface area contributed by atoms with E-state index in [1.807, 2.05) is 0 Å². The van der Waals surface area contributed by atoms with Crippen LogP contribution < -0.4 is 14.4 Å². The third kappa shape index (κ3) is 4.70. The molecule has 1 unspecified atom stereocenters. The molecule has 1 heterocycles. The molecule has 1 N–H and O–H groups in total. The number of hydrogen-bond acceptors (Lipinski definition) is 5. The number of Topliss-reactive ketones (excluding diaryl/α,β-unsaturated/α-hetero) is 1. The number of ether oxygens (including phenoxy) is 2. The molecule has 1 saturated heterocycles. The summed E-state index contributed by atoms with van der Waals surface area (Å²) in [6.45, 7) is 1.76. The molecule has 9 heteroatoms. The number of aliphatic hydroxyl groups is 1. The SMILES string of the molecule is COc1ccc(/C(O)=C2\C(=O)C(=O)N(c3cccc(OC(F)(F)F)c3)C2c2ccccc2)cc1C. The lowest BCUT2D eigenvalue weighted by molar-refractivity contribution is -0.274. The monoisotopic (exact) mass is 483 g/mol. The van der Waals surface area contributed by atoms with Crippen molar-refractivity contribution >= 4 is 23.1 Å². The van der Waals surface area contributed by atoms with Gasteiger partial charge in [-0.3, -0.25) is 14.5 Å². The number of halogens is 3. The van der Waals surface area contributed by atoms with Crippen molar-refractivity contribution < 1.29 is 37.3 Å². The summed E-state index contributed by atoms with van der Waals surface area (Å²) >= 11 is 0. The number of nitrogens with zero attached hydrogens (tertiary/aromatic N) is 1. The summed E-state index contributed by atoms with van der Waals surface area (Å²) in [5, 5.41) is 11.2. The lowest BCUT2D eigenvalue weighted by Gasteiger charge is -2.26. The van der Waals surface area contributed by atoms with Crippen LogP contribution >= 0.6 is 0 Å². The lowest BCUT2D eigenvalue weighted by atomic mass is 9.94. The van der Waals surface area contributed by atoms with E-state index in [4.69, 9.17) is 4.74 Å². The van der Waals surface area contributed by atoms with Crippen molar-refractivity contribution in [3.63, 3.8) is 0 Å². The number of hydrogen-bond donors (Lipinski definition) is 1. The van der Waals surface area contributed by atoms with E-state index in [2.05, 4.69) is 4.74 Å². The van der Waals surface area contributed by atoms with Gasteiger partial charge in [0, 0.05) is 17.3 Å². The van der Waals surface area contributed by atoms with E-state index in [0.717, 1.165) is 17.0 Å². The van der Waals surface area contributed by atoms with Crippen LogP contribution in [0.5, 0.6) is 11.5 Å². The zero-order chi connectivity index (χ0) is 25.3. The topological polar surface area (TPSA) is 76.1 Å². The number of rotatable bonds is 5. The normalized spacial score (nSPS) is 17.5. The predicted octanol–water partition coefficient (Wildman–Crippen LogP) is 5.53. The molecular weight excluding hydrogens is 463 g/mol. The van der Waals surface area contributed by atoms with Gasteiger partial charge in [0.15, 0.2) is 0 Å². The molecule has 0 aliphatic carbocycles. The first-order chi connectivity index (χ1) is 16.6. The Bertz CT molecular complexity index is 1320. The fraction of sp³-hybridized carbons (Fsp3) is 0.154. The van der Waals surface area contributed by atoms with Gasteiger partial charge in [-0.1, -0.05) is 36.4 Å². The number of carbonyl (C=O) groups is 2. The zero-order valence-electron chi connectivity index (χ0n) is 18.7. The third-order valence-electron chi connectivity index (χ3n) is 5.56. The average molecular weight is 483 g/mol. The minimum Gasteiger partial charge on any atom is -0.507 e. The summed E-state index contributed by atoms with van der Waals surface area (Å²) in [6, 6.07) is 16.9. The molecular formula is C26H20F3NO5. The second-order valence-electron chi connectivity index (χ2n) is 7.81. The van der Waals surface area contributed by atoms with Gasteiger partial charge in [0.25, 0.3) is 11.7 Å². The zero-order valence-corrected chi connectivity index (χ0v) is 18.7. The van der Waals surface area contributed by atoms with Gasteiger partial charge in [0.2, 0.25) is 0 Å². The number of ketones is 1.